The Morgan fingerprint density at radius 2 is 1.77 bits per heavy atom. The van der Waals surface area contributed by atoms with Crippen molar-refractivity contribution < 1.29 is 4.79 Å². The summed E-state index contributed by atoms with van der Waals surface area (Å²) in [5.41, 5.74) is 4.23. The standard InChI is InChI=1S/C21H24N4O/c1-16-9-8-12-20-22-18(15-25(16)20)21(26)23-17-10-4-5-11-19(17)24-13-6-2-3-7-14-24/h4-5,8-12,15H,2-3,6-7,13-14H2,1H3,(H,23,26). The third-order valence-corrected chi connectivity index (χ3v) is 5.03. The van der Waals surface area contributed by atoms with E-state index in [1.807, 2.05) is 47.7 Å². The van der Waals surface area contributed by atoms with Gasteiger partial charge in [-0.1, -0.05) is 31.0 Å². The number of nitrogens with one attached hydrogen (secondary N) is 1. The Labute approximate surface area is 153 Å². The van der Waals surface area contributed by atoms with Gasteiger partial charge >= 0.3 is 0 Å². The second-order valence-corrected chi connectivity index (χ2v) is 6.89. The second kappa shape index (κ2) is 7.20. The van der Waals surface area contributed by atoms with Crippen LogP contribution in [-0.4, -0.2) is 28.4 Å². The predicted octanol–water partition coefficient (Wildman–Crippen LogP) is 4.28. The molecule has 3 aromatic rings. The quantitative estimate of drug-likeness (QED) is 0.769. The Balaban J connectivity index is 1.60. The summed E-state index contributed by atoms with van der Waals surface area (Å²) in [6, 6.07) is 13.9. The zero-order valence-corrected chi connectivity index (χ0v) is 15.1. The van der Waals surface area contributed by atoms with Crippen LogP contribution >= 0.6 is 0 Å². The average molecular weight is 348 g/mol. The third-order valence-electron chi connectivity index (χ3n) is 5.03. The van der Waals surface area contributed by atoms with Crippen LogP contribution in [-0.2, 0) is 0 Å². The van der Waals surface area contributed by atoms with Crippen LogP contribution in [0.15, 0.2) is 48.7 Å². The van der Waals surface area contributed by atoms with Crippen molar-refractivity contribution in [3.63, 3.8) is 0 Å². The lowest BCUT2D eigenvalue weighted by molar-refractivity contribution is 0.102. The number of amides is 1. The molecule has 1 saturated heterocycles. The molecule has 1 amide bonds. The van der Waals surface area contributed by atoms with Crippen molar-refractivity contribution in [1.29, 1.82) is 0 Å². The van der Waals surface area contributed by atoms with Gasteiger partial charge in [0.05, 0.1) is 11.4 Å². The molecular weight excluding hydrogens is 324 g/mol. The maximum Gasteiger partial charge on any atom is 0.275 e. The molecule has 1 aliphatic rings. The number of para-hydroxylation sites is 2. The minimum absolute atomic E-state index is 0.171. The van der Waals surface area contributed by atoms with E-state index in [1.54, 1.807) is 6.20 Å². The number of benzene rings is 1. The Hall–Kier alpha value is -2.82. The van der Waals surface area contributed by atoms with Crippen LogP contribution in [0.1, 0.15) is 41.9 Å². The van der Waals surface area contributed by atoms with Crippen LogP contribution in [0.25, 0.3) is 5.65 Å². The number of aromatic nitrogens is 2. The van der Waals surface area contributed by atoms with Gasteiger partial charge in [-0.25, -0.2) is 4.98 Å². The van der Waals surface area contributed by atoms with Gasteiger partial charge < -0.3 is 14.6 Å². The molecule has 1 fully saturated rings. The SMILES string of the molecule is Cc1cccc2nc(C(=O)Nc3ccccc3N3CCCCCC3)cn12. The summed E-state index contributed by atoms with van der Waals surface area (Å²) in [4.78, 5) is 19.6. The summed E-state index contributed by atoms with van der Waals surface area (Å²) < 4.78 is 1.94. The van der Waals surface area contributed by atoms with Gasteiger partial charge in [0, 0.05) is 25.0 Å². The van der Waals surface area contributed by atoms with Gasteiger partial charge in [-0.05, 0) is 44.0 Å². The number of imidazole rings is 1. The lowest BCUT2D eigenvalue weighted by Gasteiger charge is -2.25. The molecule has 3 heterocycles. The summed E-state index contributed by atoms with van der Waals surface area (Å²) in [5.74, 6) is -0.171. The summed E-state index contributed by atoms with van der Waals surface area (Å²) >= 11 is 0. The predicted molar refractivity (Wildman–Crippen MR) is 105 cm³/mol. The summed E-state index contributed by atoms with van der Waals surface area (Å²) in [6.45, 7) is 4.09. The lowest BCUT2D eigenvalue weighted by atomic mass is 10.2. The Bertz CT molecular complexity index is 923. The van der Waals surface area contributed by atoms with Gasteiger partial charge in [-0.2, -0.15) is 0 Å². The first kappa shape index (κ1) is 16.6. The minimum Gasteiger partial charge on any atom is -0.370 e. The number of rotatable bonds is 3. The number of hydrogen-bond donors (Lipinski definition) is 1. The van der Waals surface area contributed by atoms with Crippen LogP contribution in [0.5, 0.6) is 0 Å². The van der Waals surface area contributed by atoms with E-state index in [9.17, 15) is 4.79 Å². The van der Waals surface area contributed by atoms with E-state index in [2.05, 4.69) is 21.3 Å². The smallest absolute Gasteiger partial charge is 0.275 e. The van der Waals surface area contributed by atoms with Crippen LogP contribution in [0.4, 0.5) is 11.4 Å². The van der Waals surface area contributed by atoms with Gasteiger partial charge in [0.15, 0.2) is 0 Å². The fourth-order valence-corrected chi connectivity index (χ4v) is 3.61. The Kier molecular flexibility index (Phi) is 4.61. The molecule has 0 saturated carbocycles. The van der Waals surface area contributed by atoms with E-state index >= 15 is 0 Å². The molecule has 0 bridgehead atoms. The van der Waals surface area contributed by atoms with Crippen molar-refractivity contribution in [2.45, 2.75) is 32.6 Å². The summed E-state index contributed by atoms with van der Waals surface area (Å²) in [7, 11) is 0. The molecule has 26 heavy (non-hydrogen) atoms. The molecule has 0 radical (unpaired) electrons. The average Bonchev–Trinajstić information content (AvgIpc) is 2.92. The molecular formula is C21H24N4O. The molecule has 0 aliphatic carbocycles. The highest BCUT2D eigenvalue weighted by Crippen LogP contribution is 2.28. The largest absolute Gasteiger partial charge is 0.370 e. The van der Waals surface area contributed by atoms with Crippen molar-refractivity contribution in [2.24, 2.45) is 0 Å². The number of pyridine rings is 1. The number of nitrogens with zero attached hydrogens (tertiary/aromatic N) is 3. The normalized spacial score (nSPS) is 15.0. The first-order valence-electron chi connectivity index (χ1n) is 9.32. The summed E-state index contributed by atoms with van der Waals surface area (Å²) in [6.07, 6.45) is 6.77. The van der Waals surface area contributed by atoms with Crippen molar-refractivity contribution in [3.8, 4) is 0 Å². The van der Waals surface area contributed by atoms with Crippen molar-refractivity contribution >= 4 is 22.9 Å². The second-order valence-electron chi connectivity index (χ2n) is 6.89. The Morgan fingerprint density at radius 1 is 1.00 bits per heavy atom. The van der Waals surface area contributed by atoms with E-state index in [4.69, 9.17) is 0 Å². The minimum atomic E-state index is -0.171. The van der Waals surface area contributed by atoms with Gasteiger partial charge in [0.2, 0.25) is 0 Å². The van der Waals surface area contributed by atoms with Gasteiger partial charge in [-0.3, -0.25) is 4.79 Å². The van der Waals surface area contributed by atoms with E-state index in [1.165, 1.54) is 25.7 Å². The van der Waals surface area contributed by atoms with E-state index < -0.39 is 0 Å². The van der Waals surface area contributed by atoms with Crippen molar-refractivity contribution in [1.82, 2.24) is 9.38 Å². The van der Waals surface area contributed by atoms with Crippen LogP contribution in [0, 0.1) is 6.92 Å². The van der Waals surface area contributed by atoms with Gasteiger partial charge in [-0.15, -0.1) is 0 Å². The number of hydrogen-bond acceptors (Lipinski definition) is 3. The van der Waals surface area contributed by atoms with E-state index in [0.717, 1.165) is 35.8 Å². The fraction of sp³-hybridized carbons (Fsp3) is 0.333. The molecule has 1 aromatic carbocycles. The van der Waals surface area contributed by atoms with Crippen LogP contribution < -0.4 is 10.2 Å². The highest BCUT2D eigenvalue weighted by molar-refractivity contribution is 6.05. The molecule has 5 nitrogen and oxygen atoms in total. The molecule has 134 valence electrons. The number of carbonyl (C=O) groups excluding carboxylic acids is 1. The molecule has 1 aliphatic heterocycles. The number of fused-ring (bicyclic) bond motifs is 1. The fourth-order valence-electron chi connectivity index (χ4n) is 3.61. The molecule has 1 N–H and O–H groups in total. The summed E-state index contributed by atoms with van der Waals surface area (Å²) in [5, 5.41) is 3.07. The molecule has 5 heteroatoms. The number of carbonyl (C=O) groups is 1. The first-order chi connectivity index (χ1) is 12.7. The zero-order valence-electron chi connectivity index (χ0n) is 15.1. The topological polar surface area (TPSA) is 49.6 Å². The molecule has 4 rings (SSSR count). The molecule has 2 aromatic heterocycles. The number of anilines is 2. The lowest BCUT2D eigenvalue weighted by Crippen LogP contribution is -2.25. The zero-order chi connectivity index (χ0) is 17.9. The maximum absolute atomic E-state index is 12.8. The highest BCUT2D eigenvalue weighted by atomic mass is 16.1. The van der Waals surface area contributed by atoms with Crippen molar-refractivity contribution in [2.75, 3.05) is 23.3 Å². The van der Waals surface area contributed by atoms with Gasteiger partial charge in [0.1, 0.15) is 11.3 Å². The highest BCUT2D eigenvalue weighted by Gasteiger charge is 2.17. The first-order valence-corrected chi connectivity index (χ1v) is 9.32. The van der Waals surface area contributed by atoms with Crippen LogP contribution in [0.2, 0.25) is 0 Å². The molecule has 0 atom stereocenters. The Morgan fingerprint density at radius 3 is 2.54 bits per heavy atom. The van der Waals surface area contributed by atoms with Crippen molar-refractivity contribution in [3.05, 3.63) is 60.0 Å². The van der Waals surface area contributed by atoms with Gasteiger partial charge in [0.25, 0.3) is 5.91 Å². The van der Waals surface area contributed by atoms with E-state index in [0.29, 0.717) is 5.69 Å². The molecule has 0 unspecified atom stereocenters. The maximum atomic E-state index is 12.8. The number of aryl methyl sites for hydroxylation is 1. The monoisotopic (exact) mass is 348 g/mol. The van der Waals surface area contributed by atoms with Crippen LogP contribution in [0.3, 0.4) is 0 Å². The van der Waals surface area contributed by atoms with E-state index in [-0.39, 0.29) is 5.91 Å². The molecule has 0 spiro atoms. The third kappa shape index (κ3) is 3.29.